The van der Waals surface area contributed by atoms with Gasteiger partial charge in [0.2, 0.25) is 0 Å². The normalized spacial score (nSPS) is 19.7. The topological polar surface area (TPSA) is 42.5 Å². The summed E-state index contributed by atoms with van der Waals surface area (Å²) in [6.45, 7) is 4.57. The van der Waals surface area contributed by atoms with Crippen LogP contribution in [0.2, 0.25) is 0 Å². The molecule has 0 saturated heterocycles. The number of anilines is 2. The Morgan fingerprint density at radius 1 is 0.812 bits per heavy atom. The van der Waals surface area contributed by atoms with E-state index in [9.17, 15) is 0 Å². The Bertz CT molecular complexity index is 823. The van der Waals surface area contributed by atoms with Crippen molar-refractivity contribution in [3.05, 3.63) is 48.0 Å². The fourth-order valence-electron chi connectivity index (χ4n) is 4.98. The molecule has 0 fully saturated rings. The molecular weight excluding hydrogens is 396 g/mol. The van der Waals surface area contributed by atoms with Gasteiger partial charge in [-0.05, 0) is 36.6 Å². The van der Waals surface area contributed by atoms with Crippen molar-refractivity contribution in [2.24, 2.45) is 5.92 Å². The largest absolute Gasteiger partial charge is 0.497 e. The van der Waals surface area contributed by atoms with Crippen LogP contribution in [0.15, 0.2) is 42.5 Å². The van der Waals surface area contributed by atoms with Gasteiger partial charge < -0.3 is 20.1 Å². The molecule has 2 aromatic rings. The first-order chi connectivity index (χ1) is 15.7. The SMILES string of the molecule is CCCCCC[C@@H]1Nc2cc(OC)ccc2[C@H](Nc2cccc(OC)c2)[C@H]1CCCCC. The Morgan fingerprint density at radius 2 is 1.53 bits per heavy atom. The first-order valence-corrected chi connectivity index (χ1v) is 12.5. The van der Waals surface area contributed by atoms with E-state index in [1.54, 1.807) is 14.2 Å². The third-order valence-corrected chi connectivity index (χ3v) is 6.78. The van der Waals surface area contributed by atoms with Crippen molar-refractivity contribution in [1.29, 1.82) is 0 Å². The number of nitrogens with one attached hydrogen (secondary N) is 2. The van der Waals surface area contributed by atoms with Gasteiger partial charge in [-0.1, -0.05) is 70.9 Å². The zero-order chi connectivity index (χ0) is 22.8. The van der Waals surface area contributed by atoms with Crippen molar-refractivity contribution in [1.82, 2.24) is 0 Å². The van der Waals surface area contributed by atoms with Gasteiger partial charge in [-0.2, -0.15) is 0 Å². The van der Waals surface area contributed by atoms with Crippen LogP contribution in [0, 0.1) is 5.92 Å². The first kappa shape index (κ1) is 24.3. The maximum atomic E-state index is 5.54. The van der Waals surface area contributed by atoms with Crippen LogP contribution in [-0.2, 0) is 0 Å². The molecule has 4 nitrogen and oxygen atoms in total. The number of hydrogen-bond acceptors (Lipinski definition) is 4. The monoisotopic (exact) mass is 438 g/mol. The molecule has 0 aliphatic carbocycles. The van der Waals surface area contributed by atoms with E-state index in [1.165, 1.54) is 69.0 Å². The van der Waals surface area contributed by atoms with Crippen LogP contribution >= 0.6 is 0 Å². The van der Waals surface area contributed by atoms with Crippen molar-refractivity contribution in [2.45, 2.75) is 83.7 Å². The second-order valence-corrected chi connectivity index (χ2v) is 9.07. The van der Waals surface area contributed by atoms with Crippen LogP contribution in [-0.4, -0.2) is 20.3 Å². The van der Waals surface area contributed by atoms with Gasteiger partial charge in [-0.15, -0.1) is 0 Å². The van der Waals surface area contributed by atoms with E-state index in [-0.39, 0.29) is 6.04 Å². The maximum absolute atomic E-state index is 5.54. The quantitative estimate of drug-likeness (QED) is 0.313. The molecular formula is C28H42N2O2. The van der Waals surface area contributed by atoms with Gasteiger partial charge in [-0.3, -0.25) is 0 Å². The summed E-state index contributed by atoms with van der Waals surface area (Å²) in [5, 5.41) is 7.82. The summed E-state index contributed by atoms with van der Waals surface area (Å²) in [5.41, 5.74) is 3.65. The van der Waals surface area contributed by atoms with Crippen LogP contribution < -0.4 is 20.1 Å². The van der Waals surface area contributed by atoms with E-state index >= 15 is 0 Å². The smallest absolute Gasteiger partial charge is 0.120 e. The van der Waals surface area contributed by atoms with Crippen molar-refractivity contribution < 1.29 is 9.47 Å². The van der Waals surface area contributed by atoms with Crippen LogP contribution in [0.3, 0.4) is 0 Å². The lowest BCUT2D eigenvalue weighted by Crippen LogP contribution is -2.41. The van der Waals surface area contributed by atoms with Crippen LogP contribution in [0.1, 0.15) is 83.2 Å². The third-order valence-electron chi connectivity index (χ3n) is 6.78. The number of fused-ring (bicyclic) bond motifs is 1. The van der Waals surface area contributed by atoms with E-state index in [0.29, 0.717) is 12.0 Å². The van der Waals surface area contributed by atoms with Crippen LogP contribution in [0.5, 0.6) is 11.5 Å². The Morgan fingerprint density at radius 3 is 2.28 bits per heavy atom. The fraction of sp³-hybridized carbons (Fsp3) is 0.571. The Labute approximate surface area is 195 Å². The van der Waals surface area contributed by atoms with E-state index in [2.05, 4.69) is 60.9 Å². The molecule has 0 aromatic heterocycles. The fourth-order valence-corrected chi connectivity index (χ4v) is 4.98. The Kier molecular flexibility index (Phi) is 9.58. The minimum atomic E-state index is 0.261. The molecule has 3 rings (SSSR count). The van der Waals surface area contributed by atoms with Crippen molar-refractivity contribution in [2.75, 3.05) is 24.9 Å². The molecule has 1 heterocycles. The van der Waals surface area contributed by atoms with E-state index in [0.717, 1.165) is 17.2 Å². The van der Waals surface area contributed by atoms with E-state index in [4.69, 9.17) is 9.47 Å². The molecule has 32 heavy (non-hydrogen) atoms. The predicted molar refractivity (Wildman–Crippen MR) is 136 cm³/mol. The summed E-state index contributed by atoms with van der Waals surface area (Å²) < 4.78 is 11.0. The minimum absolute atomic E-state index is 0.261. The molecule has 0 spiro atoms. The molecule has 176 valence electrons. The van der Waals surface area contributed by atoms with Gasteiger partial charge >= 0.3 is 0 Å². The molecule has 1 aliphatic heterocycles. The second kappa shape index (κ2) is 12.6. The zero-order valence-electron chi connectivity index (χ0n) is 20.5. The summed E-state index contributed by atoms with van der Waals surface area (Å²) in [5.74, 6) is 2.33. The van der Waals surface area contributed by atoms with E-state index < -0.39 is 0 Å². The van der Waals surface area contributed by atoms with Crippen LogP contribution in [0.25, 0.3) is 0 Å². The Balaban J connectivity index is 1.92. The van der Waals surface area contributed by atoms with Gasteiger partial charge in [0.1, 0.15) is 11.5 Å². The molecule has 2 N–H and O–H groups in total. The second-order valence-electron chi connectivity index (χ2n) is 9.07. The lowest BCUT2D eigenvalue weighted by atomic mass is 9.77. The molecule has 4 heteroatoms. The summed E-state index contributed by atoms with van der Waals surface area (Å²) in [6.07, 6.45) is 11.5. The zero-order valence-corrected chi connectivity index (χ0v) is 20.5. The number of methoxy groups -OCH3 is 2. The number of rotatable bonds is 13. The van der Waals surface area contributed by atoms with Crippen molar-refractivity contribution in [3.8, 4) is 11.5 Å². The maximum Gasteiger partial charge on any atom is 0.120 e. The standard InChI is InChI=1S/C28H42N2O2/c1-5-7-9-11-16-26-24(15-10-8-6-2)28(29-21-13-12-14-22(19-21)31-3)25-18-17-23(32-4)20-27(25)30-26/h12-14,17-20,24,26,28-30H,5-11,15-16H2,1-4H3/t24-,26-,28+/m0/s1. The van der Waals surface area contributed by atoms with E-state index in [1.807, 2.05) is 6.07 Å². The highest BCUT2D eigenvalue weighted by Gasteiger charge is 2.36. The van der Waals surface area contributed by atoms with Crippen molar-refractivity contribution in [3.63, 3.8) is 0 Å². The van der Waals surface area contributed by atoms with Gasteiger partial charge in [-0.25, -0.2) is 0 Å². The van der Waals surface area contributed by atoms with Crippen molar-refractivity contribution >= 4 is 11.4 Å². The minimum Gasteiger partial charge on any atom is -0.497 e. The van der Waals surface area contributed by atoms with Gasteiger partial charge in [0.25, 0.3) is 0 Å². The molecule has 0 radical (unpaired) electrons. The molecule has 1 aliphatic rings. The highest BCUT2D eigenvalue weighted by Crippen LogP contribution is 2.44. The molecule has 0 bridgehead atoms. The third kappa shape index (κ3) is 6.34. The summed E-state index contributed by atoms with van der Waals surface area (Å²) in [4.78, 5) is 0. The first-order valence-electron chi connectivity index (χ1n) is 12.5. The molecule has 2 aromatic carbocycles. The number of benzene rings is 2. The van der Waals surface area contributed by atoms with Gasteiger partial charge in [0.05, 0.1) is 20.3 Å². The van der Waals surface area contributed by atoms with Gasteiger partial charge in [0, 0.05) is 35.5 Å². The molecule has 3 atom stereocenters. The average Bonchev–Trinajstić information content (AvgIpc) is 2.83. The average molecular weight is 439 g/mol. The summed E-state index contributed by atoms with van der Waals surface area (Å²) >= 11 is 0. The van der Waals surface area contributed by atoms with Gasteiger partial charge in [0.15, 0.2) is 0 Å². The lowest BCUT2D eigenvalue weighted by Gasteiger charge is -2.42. The Hall–Kier alpha value is -2.36. The number of ether oxygens (including phenoxy) is 2. The highest BCUT2D eigenvalue weighted by molar-refractivity contribution is 5.62. The van der Waals surface area contributed by atoms with Crippen LogP contribution in [0.4, 0.5) is 11.4 Å². The molecule has 0 amide bonds. The predicted octanol–water partition coefficient (Wildman–Crippen LogP) is 7.82. The number of hydrogen-bond donors (Lipinski definition) is 2. The summed E-state index contributed by atoms with van der Waals surface area (Å²) in [7, 11) is 3.47. The lowest BCUT2D eigenvalue weighted by molar-refractivity contribution is 0.321. The summed E-state index contributed by atoms with van der Waals surface area (Å²) in [6, 6.07) is 15.5. The number of unbranched alkanes of at least 4 members (excludes halogenated alkanes) is 5. The highest BCUT2D eigenvalue weighted by atomic mass is 16.5. The molecule has 0 saturated carbocycles. The molecule has 0 unspecified atom stereocenters.